The molecule has 0 saturated heterocycles. The first-order chi connectivity index (χ1) is 3.30. The van der Waals surface area contributed by atoms with Gasteiger partial charge in [0.15, 0.2) is 0 Å². The van der Waals surface area contributed by atoms with Gasteiger partial charge in [-0.3, -0.25) is 4.21 Å². The van der Waals surface area contributed by atoms with Gasteiger partial charge in [0, 0.05) is 22.0 Å². The van der Waals surface area contributed by atoms with Crippen molar-refractivity contribution >= 4 is 10.8 Å². The van der Waals surface area contributed by atoms with Crippen LogP contribution in [0.15, 0.2) is 11.0 Å². The zero-order valence-electron chi connectivity index (χ0n) is 4.31. The minimum Gasteiger partial charge on any atom is -0.255 e. The molecule has 40 valence electrons. The van der Waals surface area contributed by atoms with E-state index in [0.717, 1.165) is 17.7 Å². The van der Waals surface area contributed by atoms with Crippen LogP contribution in [0.25, 0.3) is 0 Å². The second-order valence-corrected chi connectivity index (χ2v) is 3.10. The zero-order chi connectivity index (χ0) is 5.28. The second kappa shape index (κ2) is 1.78. The van der Waals surface area contributed by atoms with Crippen molar-refractivity contribution in [3.05, 3.63) is 11.0 Å². The first-order valence-corrected chi connectivity index (χ1v) is 3.89. The van der Waals surface area contributed by atoms with E-state index in [0.29, 0.717) is 0 Å². The molecule has 1 aliphatic rings. The number of allylic oxidation sites excluding steroid dienone is 2. The maximum atomic E-state index is 10.5. The van der Waals surface area contributed by atoms with Gasteiger partial charge < -0.3 is 0 Å². The van der Waals surface area contributed by atoms with Crippen LogP contribution in [-0.4, -0.2) is 10.5 Å². The molecule has 0 N–H and O–H groups in total. The molecule has 1 aliphatic carbocycles. The van der Waals surface area contributed by atoms with Crippen LogP contribution in [0.5, 0.6) is 0 Å². The maximum Gasteiger partial charge on any atom is 0.0453 e. The van der Waals surface area contributed by atoms with Crippen molar-refractivity contribution in [2.24, 2.45) is 0 Å². The third-order valence-electron chi connectivity index (χ3n) is 1.13. The highest BCUT2D eigenvalue weighted by atomic mass is 32.2. The Balaban J connectivity index is 2.57. The van der Waals surface area contributed by atoms with Crippen molar-refractivity contribution in [2.75, 3.05) is 6.26 Å². The van der Waals surface area contributed by atoms with Gasteiger partial charge in [0.25, 0.3) is 0 Å². The van der Waals surface area contributed by atoms with Crippen LogP contribution in [0.1, 0.15) is 12.8 Å². The predicted molar refractivity (Wildman–Crippen MR) is 31.4 cm³/mol. The Morgan fingerprint density at radius 2 is 2.43 bits per heavy atom. The largest absolute Gasteiger partial charge is 0.255 e. The van der Waals surface area contributed by atoms with Gasteiger partial charge >= 0.3 is 0 Å². The van der Waals surface area contributed by atoms with E-state index in [1.807, 2.05) is 6.08 Å². The van der Waals surface area contributed by atoms with Crippen LogP contribution >= 0.6 is 0 Å². The van der Waals surface area contributed by atoms with Crippen LogP contribution in [0.4, 0.5) is 0 Å². The van der Waals surface area contributed by atoms with Crippen molar-refractivity contribution < 1.29 is 4.21 Å². The van der Waals surface area contributed by atoms with Gasteiger partial charge in [-0.1, -0.05) is 6.08 Å². The monoisotopic (exact) mass is 116 g/mol. The van der Waals surface area contributed by atoms with E-state index in [1.165, 1.54) is 0 Å². The first kappa shape index (κ1) is 5.04. The molecule has 0 amide bonds. The number of rotatable bonds is 1. The maximum absolute atomic E-state index is 10.5. The molecule has 0 aromatic carbocycles. The Morgan fingerprint density at radius 3 is 2.43 bits per heavy atom. The van der Waals surface area contributed by atoms with Crippen LogP contribution in [0.2, 0.25) is 0 Å². The molecular formula is C5H8OS. The summed E-state index contributed by atoms with van der Waals surface area (Å²) in [5.41, 5.74) is 0. The first-order valence-electron chi connectivity index (χ1n) is 2.33. The molecule has 0 aromatic heterocycles. The molecule has 7 heavy (non-hydrogen) atoms. The van der Waals surface area contributed by atoms with Crippen LogP contribution in [0.3, 0.4) is 0 Å². The van der Waals surface area contributed by atoms with E-state index in [-0.39, 0.29) is 0 Å². The summed E-state index contributed by atoms with van der Waals surface area (Å²) >= 11 is 0. The Bertz CT molecular complexity index is 126. The molecule has 1 rings (SSSR count). The van der Waals surface area contributed by atoms with Gasteiger partial charge in [0.1, 0.15) is 0 Å². The molecule has 1 atom stereocenters. The lowest BCUT2D eigenvalue weighted by atomic mass is 10.1. The van der Waals surface area contributed by atoms with Crippen molar-refractivity contribution in [3.8, 4) is 0 Å². The molecule has 0 aliphatic heterocycles. The Morgan fingerprint density at radius 1 is 1.86 bits per heavy atom. The summed E-state index contributed by atoms with van der Waals surface area (Å²) in [5.74, 6) is 0. The molecule has 0 saturated carbocycles. The van der Waals surface area contributed by atoms with Gasteiger partial charge in [0.05, 0.1) is 0 Å². The van der Waals surface area contributed by atoms with E-state index < -0.39 is 10.8 Å². The topological polar surface area (TPSA) is 17.1 Å². The summed E-state index contributed by atoms with van der Waals surface area (Å²) in [6.45, 7) is 0. The van der Waals surface area contributed by atoms with Gasteiger partial charge in [-0.2, -0.15) is 0 Å². The van der Waals surface area contributed by atoms with E-state index in [1.54, 1.807) is 6.26 Å². The summed E-state index contributed by atoms with van der Waals surface area (Å²) in [4.78, 5) is 1.13. The van der Waals surface area contributed by atoms with E-state index in [2.05, 4.69) is 0 Å². The molecule has 0 fully saturated rings. The standard InChI is InChI=1S/C5H8OS/c1-7(6)5-3-2-4-5/h3H,2,4H2,1H3. The average molecular weight is 116 g/mol. The number of hydrogen-bond acceptors (Lipinski definition) is 1. The SMILES string of the molecule is CS(=O)C1=CCC1. The molecule has 2 heteroatoms. The quantitative estimate of drug-likeness (QED) is 0.500. The van der Waals surface area contributed by atoms with E-state index in [9.17, 15) is 4.21 Å². The summed E-state index contributed by atoms with van der Waals surface area (Å²) in [7, 11) is -0.662. The van der Waals surface area contributed by atoms with Gasteiger partial charge in [-0.05, 0) is 12.8 Å². The second-order valence-electron chi connectivity index (χ2n) is 1.66. The normalized spacial score (nSPS) is 22.7. The minimum absolute atomic E-state index is 0.662. The fourth-order valence-electron chi connectivity index (χ4n) is 0.523. The Kier molecular flexibility index (Phi) is 1.28. The van der Waals surface area contributed by atoms with Crippen molar-refractivity contribution in [1.29, 1.82) is 0 Å². The molecular weight excluding hydrogens is 108 g/mol. The smallest absolute Gasteiger partial charge is 0.0453 e. The Hall–Kier alpha value is -0.110. The van der Waals surface area contributed by atoms with E-state index in [4.69, 9.17) is 0 Å². The summed E-state index contributed by atoms with van der Waals surface area (Å²) in [6.07, 6.45) is 5.96. The molecule has 0 heterocycles. The molecule has 0 aromatic rings. The highest BCUT2D eigenvalue weighted by molar-refractivity contribution is 7.88. The molecule has 0 bridgehead atoms. The zero-order valence-corrected chi connectivity index (χ0v) is 5.12. The summed E-state index contributed by atoms with van der Waals surface area (Å²) in [6, 6.07) is 0. The summed E-state index contributed by atoms with van der Waals surface area (Å²) < 4.78 is 10.5. The van der Waals surface area contributed by atoms with Gasteiger partial charge in [0.2, 0.25) is 0 Å². The highest BCUT2D eigenvalue weighted by Crippen LogP contribution is 2.19. The van der Waals surface area contributed by atoms with Gasteiger partial charge in [-0.15, -0.1) is 0 Å². The van der Waals surface area contributed by atoms with Crippen molar-refractivity contribution in [1.82, 2.24) is 0 Å². The van der Waals surface area contributed by atoms with Crippen LogP contribution < -0.4 is 0 Å². The fourth-order valence-corrected chi connectivity index (χ4v) is 1.28. The molecule has 0 spiro atoms. The average Bonchev–Trinajstić information content (AvgIpc) is 1.23. The van der Waals surface area contributed by atoms with E-state index >= 15 is 0 Å². The van der Waals surface area contributed by atoms with Crippen LogP contribution in [-0.2, 0) is 10.8 Å². The highest BCUT2D eigenvalue weighted by Gasteiger charge is 2.07. The third-order valence-corrected chi connectivity index (χ3v) is 2.24. The van der Waals surface area contributed by atoms with Crippen molar-refractivity contribution in [2.45, 2.75) is 12.8 Å². The fraction of sp³-hybridized carbons (Fsp3) is 0.600. The van der Waals surface area contributed by atoms with Crippen LogP contribution in [0, 0.1) is 0 Å². The molecule has 1 unspecified atom stereocenters. The summed E-state index contributed by atoms with van der Waals surface area (Å²) in [5, 5.41) is 0. The minimum atomic E-state index is -0.662. The molecule has 0 radical (unpaired) electrons. The lowest BCUT2D eigenvalue weighted by Crippen LogP contribution is -1.98. The molecule has 1 nitrogen and oxygen atoms in total. The Labute approximate surface area is 45.9 Å². The number of hydrogen-bond donors (Lipinski definition) is 0. The van der Waals surface area contributed by atoms with Crippen molar-refractivity contribution in [3.63, 3.8) is 0 Å². The lowest BCUT2D eigenvalue weighted by molar-refractivity contribution is 0.686. The lowest BCUT2D eigenvalue weighted by Gasteiger charge is -2.09. The third kappa shape index (κ3) is 0.911. The predicted octanol–water partition coefficient (Wildman–Crippen LogP) is 1.04. The van der Waals surface area contributed by atoms with Gasteiger partial charge in [-0.25, -0.2) is 0 Å².